The lowest BCUT2D eigenvalue weighted by atomic mass is 10.3. The molecule has 6 heteroatoms. The molecule has 0 saturated heterocycles. The molecule has 0 radical (unpaired) electrons. The number of rotatable bonds is 3. The lowest BCUT2D eigenvalue weighted by Gasteiger charge is -2.07. The predicted octanol–water partition coefficient (Wildman–Crippen LogP) is 0.163. The van der Waals surface area contributed by atoms with Gasteiger partial charge in [0.1, 0.15) is 18.0 Å². The van der Waals surface area contributed by atoms with Crippen LogP contribution in [0.3, 0.4) is 0 Å². The van der Waals surface area contributed by atoms with E-state index in [1.165, 1.54) is 4.68 Å². The third-order valence-corrected chi connectivity index (χ3v) is 1.99. The number of hydrogen-bond donors (Lipinski definition) is 1. The highest BCUT2D eigenvalue weighted by molar-refractivity contribution is 5.45. The summed E-state index contributed by atoms with van der Waals surface area (Å²) in [5.74, 6) is 1.03. The average Bonchev–Trinajstić information content (AvgIpc) is 2.76. The minimum Gasteiger partial charge on any atom is -0.494 e. The van der Waals surface area contributed by atoms with E-state index in [-0.39, 0.29) is 6.61 Å². The molecule has 0 saturated carbocycles. The van der Waals surface area contributed by atoms with Gasteiger partial charge in [0, 0.05) is 0 Å². The topological polar surface area (TPSA) is 73.1 Å². The lowest BCUT2D eigenvalue weighted by molar-refractivity contribution is 0.267. The fourth-order valence-electron chi connectivity index (χ4n) is 1.30. The minimum atomic E-state index is -0.217. The first-order chi connectivity index (χ1) is 7.36. The Balaban J connectivity index is 2.53. The van der Waals surface area contributed by atoms with Crippen LogP contribution in [0.1, 0.15) is 5.82 Å². The number of aliphatic hydroxyl groups is 1. The largest absolute Gasteiger partial charge is 0.494 e. The third-order valence-electron chi connectivity index (χ3n) is 1.99. The van der Waals surface area contributed by atoms with Gasteiger partial charge in [0.15, 0.2) is 5.82 Å². The Labute approximate surface area is 86.1 Å². The van der Waals surface area contributed by atoms with E-state index >= 15 is 0 Å². The number of aromatic nitrogens is 4. The van der Waals surface area contributed by atoms with Gasteiger partial charge in [0.2, 0.25) is 0 Å². The van der Waals surface area contributed by atoms with Gasteiger partial charge in [0.05, 0.1) is 7.11 Å². The number of ether oxygens (including phenoxy) is 1. The van der Waals surface area contributed by atoms with Crippen molar-refractivity contribution < 1.29 is 9.84 Å². The molecule has 0 aliphatic heterocycles. The summed E-state index contributed by atoms with van der Waals surface area (Å²) in [6.07, 6.45) is 0. The monoisotopic (exact) mass is 206 g/mol. The normalized spacial score (nSPS) is 10.3. The first-order valence-electron chi connectivity index (χ1n) is 4.38. The summed E-state index contributed by atoms with van der Waals surface area (Å²) >= 11 is 0. The molecule has 0 amide bonds. The molecule has 0 fully saturated rings. The summed E-state index contributed by atoms with van der Waals surface area (Å²) in [5, 5.41) is 20.0. The highest BCUT2D eigenvalue weighted by Gasteiger charge is 2.10. The first kappa shape index (κ1) is 9.60. The highest BCUT2D eigenvalue weighted by atomic mass is 16.5. The van der Waals surface area contributed by atoms with E-state index in [1.807, 2.05) is 18.2 Å². The summed E-state index contributed by atoms with van der Waals surface area (Å²) in [6.45, 7) is -0.217. The molecule has 1 heterocycles. The number of nitrogens with zero attached hydrogens (tertiary/aromatic N) is 4. The average molecular weight is 206 g/mol. The van der Waals surface area contributed by atoms with Gasteiger partial charge in [0.25, 0.3) is 0 Å². The van der Waals surface area contributed by atoms with Crippen LogP contribution < -0.4 is 4.74 Å². The van der Waals surface area contributed by atoms with E-state index in [9.17, 15) is 0 Å². The Bertz CT molecular complexity index is 455. The number of aliphatic hydroxyl groups excluding tert-OH is 1. The van der Waals surface area contributed by atoms with Crippen LogP contribution in [0, 0.1) is 0 Å². The molecule has 0 atom stereocenters. The van der Waals surface area contributed by atoms with Gasteiger partial charge in [-0.25, -0.2) is 0 Å². The van der Waals surface area contributed by atoms with Crippen molar-refractivity contribution in [3.8, 4) is 11.4 Å². The number of hydrogen-bond acceptors (Lipinski definition) is 5. The van der Waals surface area contributed by atoms with Crippen molar-refractivity contribution in [2.24, 2.45) is 0 Å². The zero-order valence-corrected chi connectivity index (χ0v) is 8.16. The standard InChI is InChI=1S/C9H10N4O2/c1-15-8-5-3-2-4-7(8)13-9(6-14)10-11-12-13/h2-5,14H,6H2,1H3. The van der Waals surface area contributed by atoms with Crippen molar-refractivity contribution in [1.82, 2.24) is 20.2 Å². The third kappa shape index (κ3) is 1.66. The maximum atomic E-state index is 9.03. The van der Waals surface area contributed by atoms with E-state index in [0.717, 1.165) is 0 Å². The second-order valence-corrected chi connectivity index (χ2v) is 2.84. The second kappa shape index (κ2) is 4.05. The Hall–Kier alpha value is -1.95. The molecule has 0 bridgehead atoms. The molecule has 2 aromatic rings. The molecule has 6 nitrogen and oxygen atoms in total. The van der Waals surface area contributed by atoms with E-state index in [0.29, 0.717) is 17.3 Å². The fraction of sp³-hybridized carbons (Fsp3) is 0.222. The van der Waals surface area contributed by atoms with Gasteiger partial charge >= 0.3 is 0 Å². The van der Waals surface area contributed by atoms with Crippen LogP contribution in [-0.2, 0) is 6.61 Å². The highest BCUT2D eigenvalue weighted by Crippen LogP contribution is 2.21. The number of methoxy groups -OCH3 is 1. The van der Waals surface area contributed by atoms with E-state index in [4.69, 9.17) is 9.84 Å². The molecule has 0 unspecified atom stereocenters. The van der Waals surface area contributed by atoms with Gasteiger partial charge in [-0.2, -0.15) is 4.68 Å². The van der Waals surface area contributed by atoms with Crippen molar-refractivity contribution in [3.63, 3.8) is 0 Å². The van der Waals surface area contributed by atoms with Crippen LogP contribution in [0.5, 0.6) is 5.75 Å². The maximum absolute atomic E-state index is 9.03. The summed E-state index contributed by atoms with van der Waals surface area (Å²) in [7, 11) is 1.57. The molecule has 0 aliphatic carbocycles. The smallest absolute Gasteiger partial charge is 0.182 e. The van der Waals surface area contributed by atoms with E-state index in [1.54, 1.807) is 13.2 Å². The molecular formula is C9H10N4O2. The van der Waals surface area contributed by atoms with E-state index < -0.39 is 0 Å². The SMILES string of the molecule is COc1ccccc1-n1nnnc1CO. The zero-order valence-electron chi connectivity index (χ0n) is 8.16. The van der Waals surface area contributed by atoms with Crippen molar-refractivity contribution in [1.29, 1.82) is 0 Å². The van der Waals surface area contributed by atoms with E-state index in [2.05, 4.69) is 15.5 Å². The van der Waals surface area contributed by atoms with Crippen molar-refractivity contribution in [2.45, 2.75) is 6.61 Å². The van der Waals surface area contributed by atoms with Gasteiger partial charge in [-0.1, -0.05) is 12.1 Å². The molecule has 1 aromatic carbocycles. The van der Waals surface area contributed by atoms with Gasteiger partial charge in [-0.3, -0.25) is 0 Å². The summed E-state index contributed by atoms with van der Waals surface area (Å²) in [5.41, 5.74) is 0.703. The lowest BCUT2D eigenvalue weighted by Crippen LogP contribution is -2.04. The molecule has 0 spiro atoms. The Morgan fingerprint density at radius 1 is 1.40 bits per heavy atom. The molecule has 1 N–H and O–H groups in total. The Morgan fingerprint density at radius 3 is 2.93 bits per heavy atom. The predicted molar refractivity (Wildman–Crippen MR) is 51.6 cm³/mol. The molecule has 0 aliphatic rings. The number of benzene rings is 1. The molecule has 78 valence electrons. The van der Waals surface area contributed by atoms with Gasteiger partial charge < -0.3 is 9.84 Å². The fourth-order valence-corrected chi connectivity index (χ4v) is 1.30. The quantitative estimate of drug-likeness (QED) is 0.774. The first-order valence-corrected chi connectivity index (χ1v) is 4.38. The molecule has 1 aromatic heterocycles. The molecule has 15 heavy (non-hydrogen) atoms. The summed E-state index contributed by atoms with van der Waals surface area (Å²) < 4.78 is 6.61. The van der Waals surface area contributed by atoms with Crippen LogP contribution in [0.2, 0.25) is 0 Å². The van der Waals surface area contributed by atoms with Crippen LogP contribution in [-0.4, -0.2) is 32.4 Å². The summed E-state index contributed by atoms with van der Waals surface area (Å²) in [4.78, 5) is 0. The van der Waals surface area contributed by atoms with Crippen LogP contribution in [0.25, 0.3) is 5.69 Å². The van der Waals surface area contributed by atoms with Crippen molar-refractivity contribution in [2.75, 3.05) is 7.11 Å². The van der Waals surface area contributed by atoms with Crippen molar-refractivity contribution in [3.05, 3.63) is 30.1 Å². The van der Waals surface area contributed by atoms with Crippen LogP contribution in [0.15, 0.2) is 24.3 Å². The van der Waals surface area contributed by atoms with Crippen LogP contribution in [0.4, 0.5) is 0 Å². The zero-order chi connectivity index (χ0) is 10.7. The molecular weight excluding hydrogens is 196 g/mol. The maximum Gasteiger partial charge on any atom is 0.182 e. The van der Waals surface area contributed by atoms with Crippen molar-refractivity contribution >= 4 is 0 Å². The minimum absolute atomic E-state index is 0.217. The van der Waals surface area contributed by atoms with Crippen LogP contribution >= 0.6 is 0 Å². The van der Waals surface area contributed by atoms with Gasteiger partial charge in [-0.05, 0) is 22.6 Å². The number of tetrazole rings is 1. The number of para-hydroxylation sites is 2. The second-order valence-electron chi connectivity index (χ2n) is 2.84. The van der Waals surface area contributed by atoms with Gasteiger partial charge in [-0.15, -0.1) is 5.10 Å². The molecule has 2 rings (SSSR count). The Kier molecular flexibility index (Phi) is 2.59. The Morgan fingerprint density at radius 2 is 2.20 bits per heavy atom. The summed E-state index contributed by atoms with van der Waals surface area (Å²) in [6, 6.07) is 7.32.